The van der Waals surface area contributed by atoms with Crippen LogP contribution < -0.4 is 15.4 Å². The molecule has 0 fully saturated rings. The molecule has 2 rings (SSSR count). The van der Waals surface area contributed by atoms with E-state index in [4.69, 9.17) is 5.73 Å². The van der Waals surface area contributed by atoms with E-state index in [1.807, 2.05) is 6.92 Å². The minimum atomic E-state index is -0.712. The van der Waals surface area contributed by atoms with E-state index >= 15 is 0 Å². The van der Waals surface area contributed by atoms with E-state index in [-0.39, 0.29) is 0 Å². The van der Waals surface area contributed by atoms with E-state index in [1.54, 1.807) is 18.2 Å². The highest BCUT2D eigenvalue weighted by Gasteiger charge is 2.17. The number of imide groups is 1. The fourth-order valence-electron chi connectivity index (χ4n) is 1.89. The molecule has 0 unspecified atom stereocenters. The van der Waals surface area contributed by atoms with Crippen molar-refractivity contribution in [2.24, 2.45) is 5.73 Å². The third kappa shape index (κ3) is 4.15. The predicted octanol–water partition coefficient (Wildman–Crippen LogP) is 3.06. The molecule has 0 aliphatic carbocycles. The Labute approximate surface area is 152 Å². The van der Waals surface area contributed by atoms with Gasteiger partial charge in [-0.2, -0.15) is 0 Å². The summed E-state index contributed by atoms with van der Waals surface area (Å²) in [6.45, 7) is 1.84. The van der Waals surface area contributed by atoms with Crippen molar-refractivity contribution in [2.75, 3.05) is 4.31 Å². The van der Waals surface area contributed by atoms with Gasteiger partial charge in [-0.15, -0.1) is 0 Å². The highest BCUT2D eigenvalue weighted by molar-refractivity contribution is 9.10. The average Bonchev–Trinajstić information content (AvgIpc) is 2.56. The Morgan fingerprint density at radius 3 is 2.21 bits per heavy atom. The zero-order valence-corrected chi connectivity index (χ0v) is 15.1. The van der Waals surface area contributed by atoms with Crippen LogP contribution in [0.25, 0.3) is 0 Å². The number of carbonyl (C=O) groups excluding carboxylic acids is 3. The zero-order valence-electron chi connectivity index (χ0n) is 12.6. The van der Waals surface area contributed by atoms with Crippen LogP contribution in [-0.2, 0) is 0 Å². The lowest BCUT2D eigenvalue weighted by Crippen LogP contribution is -2.38. The van der Waals surface area contributed by atoms with Gasteiger partial charge in [-0.1, -0.05) is 28.7 Å². The first kappa shape index (κ1) is 18.0. The number of amides is 4. The molecule has 6 nitrogen and oxygen atoms in total. The van der Waals surface area contributed by atoms with Crippen LogP contribution >= 0.6 is 28.7 Å². The number of nitrogens with two attached hydrogens (primary N) is 1. The van der Waals surface area contributed by atoms with E-state index in [0.29, 0.717) is 16.8 Å². The van der Waals surface area contributed by atoms with Crippen molar-refractivity contribution in [3.63, 3.8) is 0 Å². The maximum atomic E-state index is 12.1. The number of hydrogen-bond donors (Lipinski definition) is 3. The van der Waals surface area contributed by atoms with Gasteiger partial charge >= 0.3 is 6.03 Å². The quantitative estimate of drug-likeness (QED) is 0.682. The number of nitrogens with zero attached hydrogens (tertiary/aromatic N) is 1. The molecule has 3 N–H and O–H groups in total. The van der Waals surface area contributed by atoms with E-state index in [9.17, 15) is 14.4 Å². The first-order valence-corrected chi connectivity index (χ1v) is 7.99. The number of carbonyl (C=O) groups is 3. The van der Waals surface area contributed by atoms with Crippen molar-refractivity contribution >= 4 is 52.3 Å². The second kappa shape index (κ2) is 7.50. The number of urea groups is 1. The molecule has 0 heterocycles. The van der Waals surface area contributed by atoms with Gasteiger partial charge in [-0.05, 0) is 55.0 Å². The normalized spacial score (nSPS) is 10.1. The molecule has 0 bridgehead atoms. The molecule has 0 radical (unpaired) electrons. The Hall–Kier alpha value is -2.32. The summed E-state index contributed by atoms with van der Waals surface area (Å²) >= 11 is 7.42. The number of anilines is 1. The van der Waals surface area contributed by atoms with Gasteiger partial charge in [-0.25, -0.2) is 9.10 Å². The molecule has 0 aromatic heterocycles. The Kier molecular flexibility index (Phi) is 5.63. The Morgan fingerprint density at radius 2 is 1.67 bits per heavy atom. The summed E-state index contributed by atoms with van der Waals surface area (Å²) in [4.78, 5) is 35.3. The van der Waals surface area contributed by atoms with Gasteiger partial charge in [-0.3, -0.25) is 14.9 Å². The van der Waals surface area contributed by atoms with Gasteiger partial charge in [0.05, 0.1) is 5.69 Å². The van der Waals surface area contributed by atoms with Gasteiger partial charge < -0.3 is 5.73 Å². The van der Waals surface area contributed by atoms with Crippen molar-refractivity contribution in [3.05, 3.63) is 63.6 Å². The number of aryl methyl sites for hydroxylation is 1. The van der Waals surface area contributed by atoms with Crippen LogP contribution in [0.1, 0.15) is 26.3 Å². The van der Waals surface area contributed by atoms with Crippen molar-refractivity contribution in [3.8, 4) is 0 Å². The summed E-state index contributed by atoms with van der Waals surface area (Å²) in [6, 6.07) is 10.2. The summed E-state index contributed by atoms with van der Waals surface area (Å²) in [6.07, 6.45) is 0. The summed E-state index contributed by atoms with van der Waals surface area (Å²) in [5.41, 5.74) is 7.08. The molecule has 0 aliphatic heterocycles. The second-order valence-corrected chi connectivity index (χ2v) is 6.20. The highest BCUT2D eigenvalue weighted by Crippen LogP contribution is 2.19. The third-order valence-electron chi connectivity index (χ3n) is 3.23. The molecule has 124 valence electrons. The lowest BCUT2D eigenvalue weighted by atomic mass is 10.1. The zero-order chi connectivity index (χ0) is 17.9. The van der Waals surface area contributed by atoms with E-state index in [1.165, 1.54) is 24.3 Å². The number of primary amides is 1. The monoisotopic (exact) mass is 407 g/mol. The molecule has 4 amide bonds. The first-order chi connectivity index (χ1) is 11.3. The molecular weight excluding hydrogens is 394 g/mol. The van der Waals surface area contributed by atoms with E-state index < -0.39 is 17.8 Å². The highest BCUT2D eigenvalue weighted by atomic mass is 79.9. The largest absolute Gasteiger partial charge is 0.366 e. The number of nitrogens with one attached hydrogen (secondary N) is 1. The summed E-state index contributed by atoms with van der Waals surface area (Å²) in [5, 5.41) is 2.24. The minimum Gasteiger partial charge on any atom is -0.366 e. The van der Waals surface area contributed by atoms with Crippen LogP contribution in [0.2, 0.25) is 0 Å². The van der Waals surface area contributed by atoms with Gasteiger partial charge in [0.1, 0.15) is 0 Å². The SMILES string of the molecule is Cc1cc(C(=O)NC(=O)N(S)c2ccc(C(N)=O)cc2)ccc1Br. The Bertz CT molecular complexity index is 809. The molecule has 0 atom stereocenters. The number of hydrogen-bond acceptors (Lipinski definition) is 4. The summed E-state index contributed by atoms with van der Waals surface area (Å²) in [5.74, 6) is -1.11. The second-order valence-electron chi connectivity index (χ2n) is 4.95. The van der Waals surface area contributed by atoms with Gasteiger partial charge in [0.2, 0.25) is 5.91 Å². The van der Waals surface area contributed by atoms with Crippen LogP contribution in [0.15, 0.2) is 46.9 Å². The number of benzene rings is 2. The number of rotatable bonds is 3. The third-order valence-corrected chi connectivity index (χ3v) is 4.53. The number of thiol groups is 1. The van der Waals surface area contributed by atoms with Gasteiger partial charge in [0, 0.05) is 15.6 Å². The topological polar surface area (TPSA) is 92.5 Å². The van der Waals surface area contributed by atoms with Crippen molar-refractivity contribution in [1.29, 1.82) is 0 Å². The van der Waals surface area contributed by atoms with Crippen LogP contribution in [-0.4, -0.2) is 17.8 Å². The fourth-order valence-corrected chi connectivity index (χ4v) is 2.32. The Balaban J connectivity index is 2.09. The Morgan fingerprint density at radius 1 is 1.08 bits per heavy atom. The van der Waals surface area contributed by atoms with Crippen LogP contribution in [0.3, 0.4) is 0 Å². The average molecular weight is 408 g/mol. The lowest BCUT2D eigenvalue weighted by molar-refractivity contribution is 0.0964. The van der Waals surface area contributed by atoms with Gasteiger partial charge in [0.15, 0.2) is 0 Å². The molecule has 0 saturated carbocycles. The van der Waals surface area contributed by atoms with E-state index in [0.717, 1.165) is 14.3 Å². The molecule has 24 heavy (non-hydrogen) atoms. The summed E-state index contributed by atoms with van der Waals surface area (Å²) < 4.78 is 1.84. The predicted molar refractivity (Wildman–Crippen MR) is 98.2 cm³/mol. The first-order valence-electron chi connectivity index (χ1n) is 6.80. The van der Waals surface area contributed by atoms with Crippen molar-refractivity contribution in [1.82, 2.24) is 5.32 Å². The molecule has 0 aliphatic rings. The lowest BCUT2D eigenvalue weighted by Gasteiger charge is -2.16. The molecule has 2 aromatic rings. The molecular formula is C16H14BrN3O3S. The summed E-state index contributed by atoms with van der Waals surface area (Å²) in [7, 11) is 0. The minimum absolute atomic E-state index is 0.308. The maximum absolute atomic E-state index is 12.1. The molecule has 0 spiro atoms. The smallest absolute Gasteiger partial charge is 0.338 e. The van der Waals surface area contributed by atoms with Gasteiger partial charge in [0.25, 0.3) is 5.91 Å². The van der Waals surface area contributed by atoms with Crippen LogP contribution in [0.4, 0.5) is 10.5 Å². The van der Waals surface area contributed by atoms with E-state index in [2.05, 4.69) is 34.1 Å². The van der Waals surface area contributed by atoms with Crippen LogP contribution in [0.5, 0.6) is 0 Å². The van der Waals surface area contributed by atoms with Crippen molar-refractivity contribution in [2.45, 2.75) is 6.92 Å². The molecule has 2 aromatic carbocycles. The van der Waals surface area contributed by atoms with Crippen LogP contribution in [0, 0.1) is 6.92 Å². The maximum Gasteiger partial charge on any atom is 0.338 e. The standard InChI is InChI=1S/C16H14BrN3O3S/c1-9-8-11(4-7-13(9)17)15(22)19-16(23)20(24)12-5-2-10(3-6-12)14(18)21/h2-8,24H,1H3,(H2,18,21)(H,19,22,23). The fraction of sp³-hybridized carbons (Fsp3) is 0.0625. The molecule has 8 heteroatoms. The molecule has 0 saturated heterocycles. The van der Waals surface area contributed by atoms with Crippen molar-refractivity contribution < 1.29 is 14.4 Å². The number of halogens is 1.